The highest BCUT2D eigenvalue weighted by atomic mass is 79.9. The van der Waals surface area contributed by atoms with Crippen molar-refractivity contribution in [1.82, 2.24) is 29.2 Å². The molecule has 3 amide bonds. The van der Waals surface area contributed by atoms with E-state index < -0.39 is 25.1 Å². The zero-order valence-corrected chi connectivity index (χ0v) is 51.2. The molecule has 0 saturated carbocycles. The fraction of sp³-hybridized carbons (Fsp3) is 0.221. The molecule has 1 aliphatic heterocycles. The number of carbonyl (C=O) groups is 3. The Morgan fingerprint density at radius 2 is 1.03 bits per heavy atom. The third-order valence-corrected chi connectivity index (χ3v) is 15.4. The molecule has 3 atom stereocenters. The second kappa shape index (κ2) is 30.2. The van der Waals surface area contributed by atoms with Crippen LogP contribution in [-0.2, 0) is 22.4 Å². The third kappa shape index (κ3) is 16.8. The molecule has 454 valence electrons. The molecule has 20 heteroatoms. The van der Waals surface area contributed by atoms with Crippen LogP contribution in [0.5, 0.6) is 0 Å². The molecular formula is C68H68BBrF4N8O6. The van der Waals surface area contributed by atoms with Gasteiger partial charge in [0.05, 0.1) is 47.1 Å². The Bertz CT molecular complexity index is 3870. The highest BCUT2D eigenvalue weighted by Gasteiger charge is 2.39. The van der Waals surface area contributed by atoms with E-state index in [0.717, 1.165) is 26.7 Å². The Morgan fingerprint density at radius 3 is 1.58 bits per heavy atom. The van der Waals surface area contributed by atoms with E-state index in [4.69, 9.17) is 15.0 Å². The van der Waals surface area contributed by atoms with Gasteiger partial charge in [-0.3, -0.25) is 28.6 Å². The first-order valence-corrected chi connectivity index (χ1v) is 29.3. The van der Waals surface area contributed by atoms with Crippen LogP contribution in [0.3, 0.4) is 0 Å². The average Bonchev–Trinajstić information content (AvgIpc) is 1.20. The van der Waals surface area contributed by atoms with Gasteiger partial charge < -0.3 is 35.0 Å². The van der Waals surface area contributed by atoms with Crippen molar-refractivity contribution in [1.29, 1.82) is 0 Å². The summed E-state index contributed by atoms with van der Waals surface area (Å²) in [5, 5.41) is 21.0. The Balaban J connectivity index is 0.000000198. The molecule has 0 aliphatic carbocycles. The number of aromatic nitrogens is 2. The van der Waals surface area contributed by atoms with E-state index in [-0.39, 0.29) is 59.6 Å². The van der Waals surface area contributed by atoms with Gasteiger partial charge in [-0.05, 0) is 179 Å². The number of halogens is 5. The minimum absolute atomic E-state index is 0.0289. The van der Waals surface area contributed by atoms with Crippen molar-refractivity contribution in [3.8, 4) is 16.8 Å². The van der Waals surface area contributed by atoms with Crippen molar-refractivity contribution in [3.63, 3.8) is 0 Å². The number of rotatable bonds is 18. The van der Waals surface area contributed by atoms with Gasteiger partial charge in [-0.15, -0.1) is 0 Å². The molecule has 2 heterocycles. The predicted molar refractivity (Wildman–Crippen MR) is 342 cm³/mol. The fourth-order valence-corrected chi connectivity index (χ4v) is 10.3. The molecule has 0 bridgehead atoms. The van der Waals surface area contributed by atoms with Gasteiger partial charge in [-0.25, -0.2) is 22.5 Å². The third-order valence-electron chi connectivity index (χ3n) is 14.9. The van der Waals surface area contributed by atoms with Crippen LogP contribution < -0.4 is 21.2 Å². The van der Waals surface area contributed by atoms with Gasteiger partial charge in [0.2, 0.25) is 11.8 Å². The highest BCUT2D eigenvalue weighted by Crippen LogP contribution is 2.33. The van der Waals surface area contributed by atoms with E-state index in [0.29, 0.717) is 71.0 Å². The summed E-state index contributed by atoms with van der Waals surface area (Å²) in [6, 6.07) is 51.6. The van der Waals surface area contributed by atoms with Crippen LogP contribution in [-0.4, -0.2) is 131 Å². The molecule has 0 radical (unpaired) electrons. The fourth-order valence-electron chi connectivity index (χ4n) is 10.0. The van der Waals surface area contributed by atoms with E-state index in [1.54, 1.807) is 58.3 Å². The Morgan fingerprint density at radius 1 is 0.580 bits per heavy atom. The Hall–Kier alpha value is -8.79. The van der Waals surface area contributed by atoms with Crippen molar-refractivity contribution in [3.05, 3.63) is 255 Å². The smallest absolute Gasteiger partial charge is 0.423 e. The molecule has 0 saturated heterocycles. The van der Waals surface area contributed by atoms with Crippen molar-refractivity contribution in [2.24, 2.45) is 0 Å². The second-order valence-electron chi connectivity index (χ2n) is 21.7. The van der Waals surface area contributed by atoms with Crippen LogP contribution >= 0.6 is 15.9 Å². The largest absolute Gasteiger partial charge is 0.488 e. The number of carbonyl (C=O) groups excluding carboxylic acids is 3. The zero-order valence-electron chi connectivity index (χ0n) is 49.6. The quantitative estimate of drug-likeness (QED) is 0.0559. The number of fused-ring (bicyclic) bond motifs is 2. The zero-order chi connectivity index (χ0) is 63.2. The van der Waals surface area contributed by atoms with Crippen LogP contribution in [0.2, 0.25) is 0 Å². The monoisotopic (exact) mass is 1260 g/mol. The van der Waals surface area contributed by atoms with Gasteiger partial charge in [0.1, 0.15) is 35.3 Å². The van der Waals surface area contributed by atoms with Gasteiger partial charge in [0, 0.05) is 42.0 Å². The first kappa shape index (κ1) is 65.2. The maximum absolute atomic E-state index is 13.9. The normalized spacial score (nSPS) is 13.3. The Kier molecular flexibility index (Phi) is 22.4. The van der Waals surface area contributed by atoms with Crippen LogP contribution in [0, 0.1) is 23.3 Å². The van der Waals surface area contributed by atoms with E-state index in [1.807, 2.05) is 130 Å². The number of nitrogens with zero attached hydrogens (tertiary/aromatic N) is 7. The number of nitrogens with one attached hydrogen (secondary N) is 1. The summed E-state index contributed by atoms with van der Waals surface area (Å²) < 4.78 is 55.5. The van der Waals surface area contributed by atoms with Gasteiger partial charge in [-0.1, -0.05) is 101 Å². The lowest BCUT2D eigenvalue weighted by Crippen LogP contribution is -2.60. The van der Waals surface area contributed by atoms with E-state index in [2.05, 4.69) is 21.2 Å². The van der Waals surface area contributed by atoms with E-state index in [1.165, 1.54) is 77.4 Å². The number of hydrogen-bond donors (Lipinski definition) is 3. The summed E-state index contributed by atoms with van der Waals surface area (Å²) in [4.78, 5) is 69.0. The lowest BCUT2D eigenvalue weighted by molar-refractivity contribution is -0.133. The second-order valence-corrected chi connectivity index (χ2v) is 22.6. The van der Waals surface area contributed by atoms with Crippen LogP contribution in [0.25, 0.3) is 27.7 Å². The van der Waals surface area contributed by atoms with E-state index >= 15 is 0 Å². The molecule has 9 aromatic rings. The molecule has 1 aliphatic rings. The summed E-state index contributed by atoms with van der Waals surface area (Å²) in [5.74, 6) is -1.42. The maximum Gasteiger partial charge on any atom is 0.488 e. The summed E-state index contributed by atoms with van der Waals surface area (Å²) >= 11 is 3.44. The number of anilines is 2. The Labute approximate surface area is 518 Å². The summed E-state index contributed by atoms with van der Waals surface area (Å²) in [7, 11) is 6.28. The number of likely N-dealkylation sites (N-methyl/N-ethyl adjacent to an activating group) is 2. The molecule has 14 nitrogen and oxygen atoms in total. The van der Waals surface area contributed by atoms with Crippen LogP contribution in [0.4, 0.5) is 28.9 Å². The minimum Gasteiger partial charge on any atom is -0.423 e. The first-order chi connectivity index (χ1) is 42.1. The van der Waals surface area contributed by atoms with Gasteiger partial charge >= 0.3 is 7.12 Å². The molecule has 3 unspecified atom stereocenters. The number of amides is 3. The predicted octanol–water partition coefficient (Wildman–Crippen LogP) is 10.5. The average molecular weight is 1260 g/mol. The lowest BCUT2D eigenvalue weighted by Gasteiger charge is -2.44. The topological polar surface area (TPSA) is 155 Å². The number of hydrogen-bond acceptors (Lipinski definition) is 10. The highest BCUT2D eigenvalue weighted by molar-refractivity contribution is 9.10. The number of para-hydroxylation sites is 2. The molecule has 0 fully saturated rings. The molecular weight excluding hydrogens is 1190 g/mol. The van der Waals surface area contributed by atoms with Gasteiger partial charge in [0.15, 0.2) is 0 Å². The SMILES string of the molecule is CC(C1Nc2ccccc2C(=O)N1c1ccc(F)cc1)N(CCN(C)C)C(=O)Cc1ccc(Br)cc1.CC(c1nc2ccccc2c(=O)n1-c1ccc(F)cc1)N(CCN(C)C)C(=O)Cc1ccc(-c2ccc(F)cc2)cc1.OB(O)c1ccc(F)cc1. The van der Waals surface area contributed by atoms with Crippen molar-refractivity contribution >= 4 is 68.5 Å². The molecule has 1 aromatic heterocycles. The van der Waals surface area contributed by atoms with Crippen LogP contribution in [0.15, 0.2) is 203 Å². The van der Waals surface area contributed by atoms with Crippen molar-refractivity contribution < 1.29 is 42.0 Å². The van der Waals surface area contributed by atoms with Crippen molar-refractivity contribution in [2.45, 2.75) is 44.9 Å². The molecule has 88 heavy (non-hydrogen) atoms. The number of benzene rings is 8. The molecule has 0 spiro atoms. The summed E-state index contributed by atoms with van der Waals surface area (Å²) in [6.07, 6.45) is -0.150. The first-order valence-electron chi connectivity index (χ1n) is 28.5. The summed E-state index contributed by atoms with van der Waals surface area (Å²) in [6.45, 7) is 5.99. The molecule has 8 aromatic carbocycles. The molecule has 10 rings (SSSR count). The molecule has 3 N–H and O–H groups in total. The van der Waals surface area contributed by atoms with Gasteiger partial charge in [-0.2, -0.15) is 0 Å². The standard InChI is InChI=1S/C34H32F2N4O2.C28H30BrFN4O2.C6H6BFO2/c1-23(33-37-31-7-5-4-6-30(31)34(42)40(33)29-18-16-28(36)17-19-29)39(21-20-38(2)3)32(41)22-24-8-10-25(11-9-24)26-12-14-27(35)15-13-26;1-19(33(17-16-32(2)3)26(35)18-20-8-10-21(29)11-9-20)27-31-25-7-5-4-6-24(25)28(36)34(27)23-14-12-22(30)13-15-23;8-6-3-1-5(2-4-6)7(9)10/h4-19,23H,20-22H2,1-3H3;4-15,19,27,31H,16-18H2,1-3H3;1-4,9-10H. The van der Waals surface area contributed by atoms with E-state index in [9.17, 15) is 36.7 Å². The maximum atomic E-state index is 13.9. The lowest BCUT2D eigenvalue weighted by atomic mass is 9.80. The van der Waals surface area contributed by atoms with Gasteiger partial charge in [0.25, 0.3) is 11.5 Å². The van der Waals surface area contributed by atoms with Crippen LogP contribution in [0.1, 0.15) is 47.2 Å². The minimum atomic E-state index is -1.51. The summed E-state index contributed by atoms with van der Waals surface area (Å²) in [5.41, 5.74) is 6.37. The van der Waals surface area contributed by atoms with Crippen molar-refractivity contribution in [2.75, 3.05) is 64.6 Å².